The molecule has 0 spiro atoms. The summed E-state index contributed by atoms with van der Waals surface area (Å²) in [6, 6.07) is 0.648. The first-order valence-corrected chi connectivity index (χ1v) is 7.20. The lowest BCUT2D eigenvalue weighted by Gasteiger charge is -2.25. The van der Waals surface area contributed by atoms with Gasteiger partial charge in [-0.1, -0.05) is 13.8 Å². The molecule has 2 aromatic rings. The fourth-order valence-electron chi connectivity index (χ4n) is 2.27. The second-order valence-electron chi connectivity index (χ2n) is 5.32. The summed E-state index contributed by atoms with van der Waals surface area (Å²) in [6.45, 7) is 5.53. The molecule has 1 aliphatic carbocycles. The van der Waals surface area contributed by atoms with Gasteiger partial charge in [0.1, 0.15) is 4.60 Å². The van der Waals surface area contributed by atoms with E-state index in [2.05, 4.69) is 44.6 Å². The molecule has 2 heterocycles. The van der Waals surface area contributed by atoms with Gasteiger partial charge in [-0.15, -0.1) is 0 Å². The minimum Gasteiger partial charge on any atom is -0.350 e. The molecule has 0 unspecified atom stereocenters. The number of imidazole rings is 1. The molecule has 0 saturated heterocycles. The summed E-state index contributed by atoms with van der Waals surface area (Å²) in [5.41, 5.74) is 0.950. The van der Waals surface area contributed by atoms with Gasteiger partial charge in [0.2, 0.25) is 0 Å². The summed E-state index contributed by atoms with van der Waals surface area (Å²) in [7, 11) is 0. The van der Waals surface area contributed by atoms with Crippen LogP contribution in [-0.4, -0.2) is 27.0 Å². The predicted molar refractivity (Wildman–Crippen MR) is 75.9 cm³/mol. The molecule has 96 valence electrons. The van der Waals surface area contributed by atoms with E-state index in [0.29, 0.717) is 12.0 Å². The van der Waals surface area contributed by atoms with Crippen LogP contribution in [0.15, 0.2) is 23.2 Å². The lowest BCUT2D eigenvalue weighted by atomic mass is 10.2. The Morgan fingerprint density at radius 3 is 2.94 bits per heavy atom. The van der Waals surface area contributed by atoms with Crippen LogP contribution in [0.5, 0.6) is 0 Å². The Balaban J connectivity index is 2.07. The van der Waals surface area contributed by atoms with Crippen molar-refractivity contribution in [2.45, 2.75) is 32.7 Å². The van der Waals surface area contributed by atoms with E-state index in [1.165, 1.54) is 12.8 Å². The van der Waals surface area contributed by atoms with Gasteiger partial charge >= 0.3 is 0 Å². The average molecular weight is 309 g/mol. The Morgan fingerprint density at radius 1 is 1.50 bits per heavy atom. The minimum atomic E-state index is 0.626. The van der Waals surface area contributed by atoms with E-state index in [1.807, 2.05) is 23.0 Å². The first kappa shape index (κ1) is 12.0. The second kappa shape index (κ2) is 4.53. The van der Waals surface area contributed by atoms with Crippen LogP contribution < -0.4 is 4.90 Å². The topological polar surface area (TPSA) is 33.4 Å². The largest absolute Gasteiger partial charge is 0.350 e. The van der Waals surface area contributed by atoms with Crippen molar-refractivity contribution < 1.29 is 0 Å². The third-order valence-electron chi connectivity index (χ3n) is 3.15. The Kier molecular flexibility index (Phi) is 3.01. The van der Waals surface area contributed by atoms with E-state index < -0.39 is 0 Å². The summed E-state index contributed by atoms with van der Waals surface area (Å²) in [6.07, 6.45) is 8.28. The van der Waals surface area contributed by atoms with Gasteiger partial charge in [0, 0.05) is 31.2 Å². The third-order valence-corrected chi connectivity index (χ3v) is 3.53. The smallest absolute Gasteiger partial charge is 0.180 e. The molecule has 0 bridgehead atoms. The Hall–Kier alpha value is -1.10. The van der Waals surface area contributed by atoms with Crippen molar-refractivity contribution in [1.29, 1.82) is 0 Å². The van der Waals surface area contributed by atoms with Gasteiger partial charge < -0.3 is 9.30 Å². The summed E-state index contributed by atoms with van der Waals surface area (Å²) in [5, 5.41) is 0. The highest BCUT2D eigenvalue weighted by molar-refractivity contribution is 9.10. The highest BCUT2D eigenvalue weighted by Gasteiger charge is 2.32. The summed E-state index contributed by atoms with van der Waals surface area (Å²) in [4.78, 5) is 11.5. The first-order chi connectivity index (χ1) is 8.65. The maximum absolute atomic E-state index is 4.65. The molecule has 0 radical (unpaired) electrons. The number of hydrogen-bond donors (Lipinski definition) is 0. The van der Waals surface area contributed by atoms with Crippen molar-refractivity contribution in [3.05, 3.63) is 23.2 Å². The molecule has 2 aromatic heterocycles. The molecule has 0 aliphatic heterocycles. The van der Waals surface area contributed by atoms with Gasteiger partial charge in [-0.2, -0.15) is 0 Å². The molecule has 0 amide bonds. The third kappa shape index (κ3) is 2.23. The van der Waals surface area contributed by atoms with E-state index in [9.17, 15) is 0 Å². The first-order valence-electron chi connectivity index (χ1n) is 6.41. The lowest BCUT2D eigenvalue weighted by molar-refractivity contribution is 0.602. The van der Waals surface area contributed by atoms with Crippen molar-refractivity contribution in [1.82, 2.24) is 14.4 Å². The van der Waals surface area contributed by atoms with E-state index in [1.54, 1.807) is 0 Å². The Morgan fingerprint density at radius 2 is 2.28 bits per heavy atom. The average Bonchev–Trinajstić information content (AvgIpc) is 3.04. The molecule has 3 rings (SSSR count). The van der Waals surface area contributed by atoms with Crippen LogP contribution in [0, 0.1) is 5.92 Å². The maximum atomic E-state index is 4.65. The number of hydrogen-bond acceptors (Lipinski definition) is 3. The van der Waals surface area contributed by atoms with Crippen LogP contribution in [0.25, 0.3) is 5.65 Å². The molecule has 4 nitrogen and oxygen atoms in total. The highest BCUT2D eigenvalue weighted by Crippen LogP contribution is 2.33. The molecule has 1 fully saturated rings. The zero-order valence-corrected chi connectivity index (χ0v) is 12.3. The molecule has 0 N–H and O–H groups in total. The zero-order valence-electron chi connectivity index (χ0n) is 10.7. The number of halogens is 1. The normalized spacial score (nSPS) is 15.6. The molecular weight excluding hydrogens is 292 g/mol. The standard InChI is InChI=1S/C13H17BrN4/c1-9(2)7-18(10-3-4-10)13-12-15-5-6-17(12)8-11(14)16-13/h5-6,8-10H,3-4,7H2,1-2H3. The quantitative estimate of drug-likeness (QED) is 0.870. The molecular formula is C13H17BrN4. The number of aromatic nitrogens is 3. The molecule has 1 saturated carbocycles. The zero-order chi connectivity index (χ0) is 12.7. The number of anilines is 1. The summed E-state index contributed by atoms with van der Waals surface area (Å²) < 4.78 is 2.89. The van der Waals surface area contributed by atoms with Crippen molar-refractivity contribution >= 4 is 27.4 Å². The maximum Gasteiger partial charge on any atom is 0.180 e. The lowest BCUT2D eigenvalue weighted by Crippen LogP contribution is -2.31. The fourth-order valence-corrected chi connectivity index (χ4v) is 2.65. The van der Waals surface area contributed by atoms with Gasteiger partial charge in [0.15, 0.2) is 11.5 Å². The molecule has 1 aliphatic rings. The second-order valence-corrected chi connectivity index (χ2v) is 6.14. The van der Waals surface area contributed by atoms with Crippen LogP contribution in [0.1, 0.15) is 26.7 Å². The SMILES string of the molecule is CC(C)CN(c1nc(Br)cn2ccnc12)C1CC1. The van der Waals surface area contributed by atoms with Crippen LogP contribution in [0.2, 0.25) is 0 Å². The van der Waals surface area contributed by atoms with Gasteiger partial charge in [0.05, 0.1) is 0 Å². The molecule has 5 heteroatoms. The summed E-state index contributed by atoms with van der Waals surface area (Å²) >= 11 is 3.49. The van der Waals surface area contributed by atoms with Crippen molar-refractivity contribution in [2.24, 2.45) is 5.92 Å². The van der Waals surface area contributed by atoms with Gasteiger partial charge in [0.25, 0.3) is 0 Å². The fraction of sp³-hybridized carbons (Fsp3) is 0.538. The number of fused-ring (bicyclic) bond motifs is 1. The molecule has 0 atom stereocenters. The minimum absolute atomic E-state index is 0.626. The van der Waals surface area contributed by atoms with Gasteiger partial charge in [-0.25, -0.2) is 9.97 Å². The van der Waals surface area contributed by atoms with E-state index in [-0.39, 0.29) is 0 Å². The van der Waals surface area contributed by atoms with Crippen molar-refractivity contribution in [3.63, 3.8) is 0 Å². The highest BCUT2D eigenvalue weighted by atomic mass is 79.9. The van der Waals surface area contributed by atoms with Gasteiger partial charge in [-0.05, 0) is 34.7 Å². The Bertz CT molecular complexity index is 559. The van der Waals surface area contributed by atoms with Crippen LogP contribution in [-0.2, 0) is 0 Å². The number of rotatable bonds is 4. The Labute approximate surface area is 115 Å². The molecule has 18 heavy (non-hydrogen) atoms. The van der Waals surface area contributed by atoms with E-state index in [4.69, 9.17) is 0 Å². The monoisotopic (exact) mass is 308 g/mol. The van der Waals surface area contributed by atoms with Gasteiger partial charge in [-0.3, -0.25) is 0 Å². The van der Waals surface area contributed by atoms with E-state index >= 15 is 0 Å². The van der Waals surface area contributed by atoms with Crippen molar-refractivity contribution in [2.75, 3.05) is 11.4 Å². The van der Waals surface area contributed by atoms with Crippen LogP contribution >= 0.6 is 15.9 Å². The van der Waals surface area contributed by atoms with Crippen molar-refractivity contribution in [3.8, 4) is 0 Å². The predicted octanol–water partition coefficient (Wildman–Crippen LogP) is 3.12. The van der Waals surface area contributed by atoms with Crippen LogP contribution in [0.3, 0.4) is 0 Å². The number of nitrogens with zero attached hydrogens (tertiary/aromatic N) is 4. The molecule has 0 aromatic carbocycles. The summed E-state index contributed by atoms with van der Waals surface area (Å²) in [5.74, 6) is 1.63. The van der Waals surface area contributed by atoms with Crippen LogP contribution in [0.4, 0.5) is 5.82 Å². The van der Waals surface area contributed by atoms with E-state index in [0.717, 1.165) is 22.6 Å².